The summed E-state index contributed by atoms with van der Waals surface area (Å²) in [5.74, 6) is 0. The molecular formula is H2NiS4. The van der Waals surface area contributed by atoms with Gasteiger partial charge in [-0.05, 0) is 0 Å². The molecule has 5 heavy (non-hydrogen) atoms. The van der Waals surface area contributed by atoms with Gasteiger partial charge in [-0.2, -0.15) is 0 Å². The minimum absolute atomic E-state index is 1.38. The van der Waals surface area contributed by atoms with E-state index < -0.39 is 0 Å². The molecule has 0 aliphatic heterocycles. The molecule has 0 saturated carbocycles. The molecule has 36 valence electrons. The van der Waals surface area contributed by atoms with Gasteiger partial charge in [-0.3, -0.25) is 0 Å². The Bertz CT molecular complexity index is 11.1. The molecule has 5 heteroatoms. The first kappa shape index (κ1) is 6.89. The van der Waals surface area contributed by atoms with Gasteiger partial charge in [0, 0.05) is 0 Å². The summed E-state index contributed by atoms with van der Waals surface area (Å²) >= 11 is 9.02. The van der Waals surface area contributed by atoms with Crippen molar-refractivity contribution in [3.8, 4) is 0 Å². The van der Waals surface area contributed by atoms with Gasteiger partial charge >= 0.3 is 54.2 Å². The van der Waals surface area contributed by atoms with Gasteiger partial charge in [-0.15, -0.1) is 0 Å². The summed E-state index contributed by atoms with van der Waals surface area (Å²) in [5, 5.41) is 0. The molecule has 0 spiro atoms. The Labute approximate surface area is 53.9 Å². The van der Waals surface area contributed by atoms with Gasteiger partial charge in [0.05, 0.1) is 0 Å². The van der Waals surface area contributed by atoms with E-state index in [1.54, 1.807) is 0 Å². The number of thiol groups is 2. The van der Waals surface area contributed by atoms with Crippen LogP contribution < -0.4 is 0 Å². The molecular weight excluding hydrogens is 187 g/mol. The molecule has 0 aromatic heterocycles. The summed E-state index contributed by atoms with van der Waals surface area (Å²) < 4.78 is 0. The molecule has 0 bridgehead atoms. The number of rotatable bonds is 2. The van der Waals surface area contributed by atoms with Crippen molar-refractivity contribution in [2.24, 2.45) is 0 Å². The Hall–Kier alpha value is 1.89. The van der Waals surface area contributed by atoms with Gasteiger partial charge < -0.3 is 0 Å². The quantitative estimate of drug-likeness (QED) is 0.387. The monoisotopic (exact) mass is 188 g/mol. The molecule has 0 aliphatic rings. The molecule has 0 radical (unpaired) electrons. The van der Waals surface area contributed by atoms with E-state index in [0.29, 0.717) is 0 Å². The van der Waals surface area contributed by atoms with Crippen molar-refractivity contribution in [1.29, 1.82) is 0 Å². The standard InChI is InChI=1S/Ni.2H2S2/c;2*1-2/h;2*1-2H/q+2;;/p-2. The summed E-state index contributed by atoms with van der Waals surface area (Å²) in [6.07, 6.45) is 0. The predicted octanol–water partition coefficient (Wildman–Crippen LogP) is 2.05. The topological polar surface area (TPSA) is 0 Å². The first-order chi connectivity index (χ1) is 2.41. The average molecular weight is 189 g/mol. The summed E-state index contributed by atoms with van der Waals surface area (Å²) in [6, 6.07) is 0. The van der Waals surface area contributed by atoms with Crippen LogP contribution in [-0.2, 0) is 12.2 Å². The summed E-state index contributed by atoms with van der Waals surface area (Å²) in [6.45, 7) is 0. The molecule has 0 aliphatic carbocycles. The van der Waals surface area contributed by atoms with Gasteiger partial charge in [0.2, 0.25) is 0 Å². The van der Waals surface area contributed by atoms with Crippen LogP contribution >= 0.6 is 41.9 Å². The minimum atomic E-state index is 1.38. The fourth-order valence-electron chi connectivity index (χ4n) is 0.0105. The van der Waals surface area contributed by atoms with Crippen molar-refractivity contribution < 1.29 is 12.2 Å². The van der Waals surface area contributed by atoms with Crippen LogP contribution in [0.4, 0.5) is 0 Å². The third-order valence-corrected chi connectivity index (χ3v) is 5.25. The Morgan fingerprint density at radius 1 is 1.20 bits per heavy atom. The molecule has 0 heterocycles. The van der Waals surface area contributed by atoms with Crippen LogP contribution in [0, 0.1) is 0 Å². The summed E-state index contributed by atoms with van der Waals surface area (Å²) in [7, 11) is 2.84. The molecule has 0 atom stereocenters. The van der Waals surface area contributed by atoms with E-state index >= 15 is 0 Å². The van der Waals surface area contributed by atoms with Gasteiger partial charge in [0.25, 0.3) is 0 Å². The first-order valence-corrected chi connectivity index (χ1v) is 6.48. The van der Waals surface area contributed by atoms with Crippen LogP contribution in [0.25, 0.3) is 0 Å². The second kappa shape index (κ2) is 5.89. The van der Waals surface area contributed by atoms with Crippen molar-refractivity contribution in [3.63, 3.8) is 0 Å². The Balaban J connectivity index is 2.19. The van der Waals surface area contributed by atoms with Crippen molar-refractivity contribution in [2.45, 2.75) is 0 Å². The first-order valence-electron chi connectivity index (χ1n) is 0.623. The van der Waals surface area contributed by atoms with Crippen LogP contribution in [0.5, 0.6) is 0 Å². The Morgan fingerprint density at radius 2 is 1.60 bits per heavy atom. The van der Waals surface area contributed by atoms with Gasteiger partial charge in [-0.25, -0.2) is 0 Å². The molecule has 0 fully saturated rings. The van der Waals surface area contributed by atoms with E-state index in [4.69, 9.17) is 0 Å². The van der Waals surface area contributed by atoms with Crippen LogP contribution in [0.15, 0.2) is 0 Å². The zero-order valence-corrected chi connectivity index (χ0v) is 6.44. The average Bonchev–Trinajstić information content (AvgIpc) is 1.41. The Kier molecular flexibility index (Phi) is 8.13. The predicted molar refractivity (Wildman–Crippen MR) is 33.2 cm³/mol. The SMILES string of the molecule is S[S][Ni][S]S. The zero-order valence-electron chi connectivity index (χ0n) is 2.03. The van der Waals surface area contributed by atoms with Crippen LogP contribution in [-0.4, -0.2) is 0 Å². The van der Waals surface area contributed by atoms with Gasteiger partial charge in [0.15, 0.2) is 0 Å². The van der Waals surface area contributed by atoms with Crippen molar-refractivity contribution in [2.75, 3.05) is 0 Å². The van der Waals surface area contributed by atoms with Gasteiger partial charge in [0.1, 0.15) is 0 Å². The molecule has 0 saturated heterocycles. The van der Waals surface area contributed by atoms with Crippen molar-refractivity contribution in [1.82, 2.24) is 0 Å². The van der Waals surface area contributed by atoms with E-state index in [2.05, 4.69) is 23.3 Å². The van der Waals surface area contributed by atoms with Crippen molar-refractivity contribution >= 4 is 41.9 Å². The summed E-state index contributed by atoms with van der Waals surface area (Å²) in [4.78, 5) is 0. The summed E-state index contributed by atoms with van der Waals surface area (Å²) in [5.41, 5.74) is 0. The van der Waals surface area contributed by atoms with Crippen molar-refractivity contribution in [3.05, 3.63) is 0 Å². The normalized spacial score (nSPS) is 9.20. The second-order valence-electron chi connectivity index (χ2n) is 0.168. The van der Waals surface area contributed by atoms with Crippen LogP contribution in [0.2, 0.25) is 0 Å². The van der Waals surface area contributed by atoms with Crippen LogP contribution in [0.1, 0.15) is 0 Å². The fourth-order valence-corrected chi connectivity index (χ4v) is 3.52. The third-order valence-electron chi connectivity index (χ3n) is 0.0471. The van der Waals surface area contributed by atoms with E-state index in [9.17, 15) is 0 Å². The number of hydrogen-bond acceptors (Lipinski definition) is 4. The van der Waals surface area contributed by atoms with Crippen LogP contribution in [0.3, 0.4) is 0 Å². The maximum atomic E-state index is 3.82. The molecule has 0 aromatic rings. The maximum absolute atomic E-state index is 3.82. The third kappa shape index (κ3) is 5.89. The second-order valence-corrected chi connectivity index (χ2v) is 6.24. The van der Waals surface area contributed by atoms with E-state index in [0.717, 1.165) is 0 Å². The zero-order chi connectivity index (χ0) is 4.12. The fraction of sp³-hybridized carbons (Fsp3) is 0. The van der Waals surface area contributed by atoms with E-state index in [1.807, 2.05) is 0 Å². The van der Waals surface area contributed by atoms with E-state index in [1.165, 1.54) is 30.9 Å². The molecule has 0 N–H and O–H groups in total. The molecule has 0 rings (SSSR count). The van der Waals surface area contributed by atoms with Gasteiger partial charge in [-0.1, -0.05) is 0 Å². The van der Waals surface area contributed by atoms with E-state index in [-0.39, 0.29) is 0 Å². The number of hydrogen-bond donors (Lipinski definition) is 2. The molecule has 0 amide bonds. The Morgan fingerprint density at radius 3 is 1.60 bits per heavy atom. The molecule has 0 unspecified atom stereocenters. The molecule has 0 nitrogen and oxygen atoms in total. The molecule has 0 aromatic carbocycles.